The molecular weight excluding hydrogens is 319 g/mol. The summed E-state index contributed by atoms with van der Waals surface area (Å²) in [4.78, 5) is 0. The largest absolute Gasteiger partial charge is 0.493 e. The van der Waals surface area contributed by atoms with Crippen LogP contribution in [0.1, 0.15) is 16.5 Å². The predicted octanol–water partition coefficient (Wildman–Crippen LogP) is 3.08. The highest BCUT2D eigenvalue weighted by Gasteiger charge is 2.30. The molecule has 18 heavy (non-hydrogen) atoms. The van der Waals surface area contributed by atoms with Crippen molar-refractivity contribution >= 4 is 27.5 Å². The van der Waals surface area contributed by atoms with Gasteiger partial charge in [0.2, 0.25) is 0 Å². The van der Waals surface area contributed by atoms with Crippen LogP contribution in [0.15, 0.2) is 16.6 Å². The third-order valence-electron chi connectivity index (χ3n) is 3.24. The molecule has 0 radical (unpaired) electrons. The van der Waals surface area contributed by atoms with Gasteiger partial charge in [0.15, 0.2) is 0 Å². The van der Waals surface area contributed by atoms with E-state index in [9.17, 15) is 0 Å². The first kappa shape index (κ1) is 12.7. The molecule has 1 fully saturated rings. The lowest BCUT2D eigenvalue weighted by molar-refractivity contribution is -0.0893. The number of fused-ring (bicyclic) bond motifs is 1. The maximum Gasteiger partial charge on any atom is 0.127 e. The Kier molecular flexibility index (Phi) is 3.80. The molecule has 3 nitrogen and oxygen atoms in total. The summed E-state index contributed by atoms with van der Waals surface area (Å²) >= 11 is 10.1. The van der Waals surface area contributed by atoms with Crippen LogP contribution < -0.4 is 4.74 Å². The van der Waals surface area contributed by atoms with Gasteiger partial charge in [0.05, 0.1) is 31.8 Å². The van der Waals surface area contributed by atoms with Gasteiger partial charge in [0.25, 0.3) is 0 Å². The molecule has 0 N–H and O–H groups in total. The molecule has 0 saturated carbocycles. The summed E-state index contributed by atoms with van der Waals surface area (Å²) in [7, 11) is 0. The Bertz CT molecular complexity index is 446. The molecule has 0 spiro atoms. The minimum absolute atomic E-state index is 0.108. The second kappa shape index (κ2) is 5.37. The maximum absolute atomic E-state index is 6.53. The molecule has 0 bridgehead atoms. The smallest absolute Gasteiger partial charge is 0.127 e. The molecule has 2 aliphatic rings. The molecular formula is C13H14BrClO3. The van der Waals surface area contributed by atoms with Gasteiger partial charge < -0.3 is 14.2 Å². The van der Waals surface area contributed by atoms with Gasteiger partial charge in [-0.05, 0) is 17.7 Å². The number of hydrogen-bond acceptors (Lipinski definition) is 3. The van der Waals surface area contributed by atoms with Crippen molar-refractivity contribution in [1.29, 1.82) is 0 Å². The first-order chi connectivity index (χ1) is 8.75. The summed E-state index contributed by atoms with van der Waals surface area (Å²) in [5.74, 6) is 0.923. The summed E-state index contributed by atoms with van der Waals surface area (Å²) in [6.45, 7) is 2.51. The van der Waals surface area contributed by atoms with Gasteiger partial charge in [-0.3, -0.25) is 0 Å². The van der Waals surface area contributed by atoms with Crippen LogP contribution in [0.5, 0.6) is 5.75 Å². The van der Waals surface area contributed by atoms with Gasteiger partial charge in [-0.25, -0.2) is 0 Å². The summed E-state index contributed by atoms with van der Waals surface area (Å²) in [5.41, 5.74) is 2.20. The highest BCUT2D eigenvalue weighted by molar-refractivity contribution is 9.10. The molecule has 0 aliphatic carbocycles. The summed E-state index contributed by atoms with van der Waals surface area (Å²) < 4.78 is 17.8. The molecule has 98 valence electrons. The van der Waals surface area contributed by atoms with Crippen molar-refractivity contribution in [3.8, 4) is 5.75 Å². The molecule has 1 aromatic rings. The molecule has 2 heterocycles. The van der Waals surface area contributed by atoms with Crippen molar-refractivity contribution in [2.24, 2.45) is 0 Å². The monoisotopic (exact) mass is 332 g/mol. The Labute approximate surface area is 119 Å². The van der Waals surface area contributed by atoms with Crippen LogP contribution in [0, 0.1) is 0 Å². The molecule has 2 atom stereocenters. The van der Waals surface area contributed by atoms with E-state index in [0.717, 1.165) is 28.8 Å². The number of rotatable bonds is 2. The Morgan fingerprint density at radius 1 is 1.28 bits per heavy atom. The van der Waals surface area contributed by atoms with Crippen LogP contribution in [0.4, 0.5) is 0 Å². The van der Waals surface area contributed by atoms with Crippen LogP contribution in [0.2, 0.25) is 0 Å². The normalized spacial score (nSPS) is 24.4. The second-order valence-corrected chi connectivity index (χ2v) is 5.85. The van der Waals surface area contributed by atoms with E-state index in [2.05, 4.69) is 22.0 Å². The fourth-order valence-corrected chi connectivity index (χ4v) is 3.21. The standard InChI is InChI=1S/C13H14BrClO3/c14-9-5-8-1-2-18-13(8)10(6-9)12(15)11-7-16-3-4-17-11/h5-6,11-12H,1-4,7H2. The van der Waals surface area contributed by atoms with Crippen LogP contribution >= 0.6 is 27.5 Å². The Balaban J connectivity index is 1.91. The number of ether oxygens (including phenoxy) is 3. The molecule has 2 aliphatic heterocycles. The number of hydrogen-bond donors (Lipinski definition) is 0. The van der Waals surface area contributed by atoms with Gasteiger partial charge in [0.1, 0.15) is 11.9 Å². The van der Waals surface area contributed by atoms with Gasteiger partial charge in [-0.1, -0.05) is 15.9 Å². The van der Waals surface area contributed by atoms with Gasteiger partial charge >= 0.3 is 0 Å². The Morgan fingerprint density at radius 2 is 2.17 bits per heavy atom. The van der Waals surface area contributed by atoms with E-state index < -0.39 is 0 Å². The summed E-state index contributed by atoms with van der Waals surface area (Å²) in [5, 5.41) is -0.241. The second-order valence-electron chi connectivity index (χ2n) is 4.47. The molecule has 0 aromatic heterocycles. The van der Waals surface area contributed by atoms with Crippen molar-refractivity contribution in [2.45, 2.75) is 17.9 Å². The predicted molar refractivity (Wildman–Crippen MR) is 72.5 cm³/mol. The van der Waals surface area contributed by atoms with Gasteiger partial charge in [0, 0.05) is 16.5 Å². The van der Waals surface area contributed by atoms with Crippen molar-refractivity contribution in [2.75, 3.05) is 26.4 Å². The first-order valence-electron chi connectivity index (χ1n) is 6.04. The average molecular weight is 334 g/mol. The van der Waals surface area contributed by atoms with Crippen molar-refractivity contribution in [3.63, 3.8) is 0 Å². The minimum Gasteiger partial charge on any atom is -0.493 e. The lowest BCUT2D eigenvalue weighted by atomic mass is 10.0. The molecule has 3 rings (SSSR count). The Morgan fingerprint density at radius 3 is 2.94 bits per heavy atom. The fraction of sp³-hybridized carbons (Fsp3) is 0.538. The minimum atomic E-state index is -0.241. The average Bonchev–Trinajstić information content (AvgIpc) is 2.86. The van der Waals surface area contributed by atoms with E-state index in [1.807, 2.05) is 6.07 Å². The van der Waals surface area contributed by atoms with E-state index in [1.54, 1.807) is 0 Å². The van der Waals surface area contributed by atoms with E-state index in [-0.39, 0.29) is 11.5 Å². The zero-order valence-corrected chi connectivity index (χ0v) is 12.2. The highest BCUT2D eigenvalue weighted by atomic mass is 79.9. The van der Waals surface area contributed by atoms with E-state index in [0.29, 0.717) is 19.8 Å². The molecule has 1 aromatic carbocycles. The van der Waals surface area contributed by atoms with Crippen LogP contribution in [0.25, 0.3) is 0 Å². The van der Waals surface area contributed by atoms with Gasteiger partial charge in [-0.2, -0.15) is 0 Å². The molecule has 2 unspecified atom stereocenters. The Hall–Kier alpha value is -0.290. The number of alkyl halides is 1. The maximum atomic E-state index is 6.53. The van der Waals surface area contributed by atoms with E-state index in [4.69, 9.17) is 25.8 Å². The van der Waals surface area contributed by atoms with E-state index in [1.165, 1.54) is 5.56 Å². The lowest BCUT2D eigenvalue weighted by Crippen LogP contribution is -2.32. The third-order valence-corrected chi connectivity index (χ3v) is 4.22. The first-order valence-corrected chi connectivity index (χ1v) is 7.27. The molecule has 5 heteroatoms. The zero-order valence-electron chi connectivity index (χ0n) is 9.83. The lowest BCUT2D eigenvalue weighted by Gasteiger charge is -2.27. The van der Waals surface area contributed by atoms with Crippen LogP contribution in [0.3, 0.4) is 0 Å². The van der Waals surface area contributed by atoms with Crippen molar-refractivity contribution < 1.29 is 14.2 Å². The highest BCUT2D eigenvalue weighted by Crippen LogP contribution is 2.41. The molecule has 1 saturated heterocycles. The SMILES string of the molecule is ClC(c1cc(Br)cc2c1OCC2)C1COCCO1. The third kappa shape index (κ3) is 2.39. The number of benzene rings is 1. The van der Waals surface area contributed by atoms with Gasteiger partial charge in [-0.15, -0.1) is 11.6 Å². The van der Waals surface area contributed by atoms with Crippen molar-refractivity contribution in [3.05, 3.63) is 27.7 Å². The van der Waals surface area contributed by atoms with Crippen LogP contribution in [-0.2, 0) is 15.9 Å². The van der Waals surface area contributed by atoms with E-state index >= 15 is 0 Å². The summed E-state index contributed by atoms with van der Waals surface area (Å²) in [6.07, 6.45) is 0.830. The molecule has 0 amide bonds. The zero-order chi connectivity index (χ0) is 12.5. The fourth-order valence-electron chi connectivity index (χ4n) is 2.38. The quantitative estimate of drug-likeness (QED) is 0.779. The summed E-state index contributed by atoms with van der Waals surface area (Å²) in [6, 6.07) is 4.10. The van der Waals surface area contributed by atoms with Crippen molar-refractivity contribution in [1.82, 2.24) is 0 Å². The van der Waals surface area contributed by atoms with Crippen LogP contribution in [-0.4, -0.2) is 32.5 Å². The number of halogens is 2. The topological polar surface area (TPSA) is 27.7 Å².